The Hall–Kier alpha value is -1.18. The number of benzene rings is 1. The number of rotatable bonds is 10. The summed E-state index contributed by atoms with van der Waals surface area (Å²) in [5, 5.41) is 0. The summed E-state index contributed by atoms with van der Waals surface area (Å²) in [5.74, 6) is 4.14. The molecule has 2 heteroatoms. The number of hydrogen-bond donors (Lipinski definition) is 0. The third kappa shape index (κ3) is 6.52. The topological polar surface area (TPSA) is 0 Å². The first-order chi connectivity index (χ1) is 16.6. The number of hydrogen-bond acceptors (Lipinski definition) is 0. The van der Waals surface area contributed by atoms with Crippen LogP contribution in [0.2, 0.25) is 0 Å². The third-order valence-electron chi connectivity index (χ3n) is 9.91. The summed E-state index contributed by atoms with van der Waals surface area (Å²) in [6, 6.07) is 3.28. The largest absolute Gasteiger partial charge is 0.207 e. The van der Waals surface area contributed by atoms with Crippen molar-refractivity contribution in [3.63, 3.8) is 0 Å². The zero-order chi connectivity index (χ0) is 23.9. The lowest BCUT2D eigenvalue weighted by atomic mass is 9.60. The fourth-order valence-electron chi connectivity index (χ4n) is 7.81. The standard InChI is InChI=1S/C32H48F2/c1-3-5-7-8-9-23-11-13-24(14-12-23)25-15-16-27-20-28(18-17-26(27)19-25)29-21-31(33)30(10-6-4-2)32(34)22-29/h4,21-28H,2-3,5-20H2,1H3. The van der Waals surface area contributed by atoms with Crippen molar-refractivity contribution in [2.75, 3.05) is 0 Å². The molecule has 4 unspecified atom stereocenters. The van der Waals surface area contributed by atoms with Crippen LogP contribution < -0.4 is 0 Å². The molecule has 1 aromatic carbocycles. The minimum absolute atomic E-state index is 0.230. The minimum atomic E-state index is -0.358. The molecule has 0 amide bonds. The lowest BCUT2D eigenvalue weighted by Gasteiger charge is -2.45. The summed E-state index contributed by atoms with van der Waals surface area (Å²) in [7, 11) is 0. The normalized spacial score (nSPS) is 31.7. The second-order valence-corrected chi connectivity index (χ2v) is 12.0. The van der Waals surface area contributed by atoms with E-state index in [-0.39, 0.29) is 17.2 Å². The average Bonchev–Trinajstić information content (AvgIpc) is 2.86. The molecule has 3 fully saturated rings. The summed E-state index contributed by atoms with van der Waals surface area (Å²) >= 11 is 0. The number of fused-ring (bicyclic) bond motifs is 1. The minimum Gasteiger partial charge on any atom is -0.207 e. The van der Waals surface area contributed by atoms with Crippen molar-refractivity contribution in [2.45, 2.75) is 122 Å². The van der Waals surface area contributed by atoms with Gasteiger partial charge in [0.05, 0.1) is 0 Å². The van der Waals surface area contributed by atoms with E-state index < -0.39 is 0 Å². The molecule has 0 aromatic heterocycles. The molecule has 4 atom stereocenters. The van der Waals surface area contributed by atoms with Gasteiger partial charge in [-0.05, 0) is 117 Å². The molecule has 190 valence electrons. The van der Waals surface area contributed by atoms with Gasteiger partial charge in [-0.1, -0.05) is 57.9 Å². The van der Waals surface area contributed by atoms with E-state index in [4.69, 9.17) is 0 Å². The predicted octanol–water partition coefficient (Wildman–Crippen LogP) is 10.2. The van der Waals surface area contributed by atoms with Crippen molar-refractivity contribution in [1.82, 2.24) is 0 Å². The van der Waals surface area contributed by atoms with Gasteiger partial charge in [0.2, 0.25) is 0 Å². The quantitative estimate of drug-likeness (QED) is 0.236. The van der Waals surface area contributed by atoms with Crippen LogP contribution in [0.15, 0.2) is 24.8 Å². The monoisotopic (exact) mass is 470 g/mol. The predicted molar refractivity (Wildman–Crippen MR) is 140 cm³/mol. The molecule has 0 saturated heterocycles. The van der Waals surface area contributed by atoms with E-state index in [1.54, 1.807) is 18.2 Å². The van der Waals surface area contributed by atoms with Gasteiger partial charge >= 0.3 is 0 Å². The Morgan fingerprint density at radius 1 is 0.794 bits per heavy atom. The molecule has 3 aliphatic rings. The Bertz CT molecular complexity index is 752. The second-order valence-electron chi connectivity index (χ2n) is 12.0. The Kier molecular flexibility index (Phi) is 9.66. The molecule has 0 N–H and O–H groups in total. The van der Waals surface area contributed by atoms with Gasteiger partial charge in [-0.15, -0.1) is 6.58 Å². The molecule has 0 spiro atoms. The smallest absolute Gasteiger partial charge is 0.129 e. The highest BCUT2D eigenvalue weighted by atomic mass is 19.1. The summed E-state index contributed by atoms with van der Waals surface area (Å²) in [6.45, 7) is 5.97. The van der Waals surface area contributed by atoms with Crippen LogP contribution in [0.3, 0.4) is 0 Å². The Morgan fingerprint density at radius 3 is 2.09 bits per heavy atom. The maximum Gasteiger partial charge on any atom is 0.129 e. The Labute approximate surface area is 208 Å². The van der Waals surface area contributed by atoms with E-state index in [1.807, 2.05) is 0 Å². The van der Waals surface area contributed by atoms with Crippen molar-refractivity contribution < 1.29 is 8.78 Å². The van der Waals surface area contributed by atoms with Crippen molar-refractivity contribution in [2.24, 2.45) is 29.6 Å². The summed E-state index contributed by atoms with van der Waals surface area (Å²) < 4.78 is 29.3. The summed E-state index contributed by atoms with van der Waals surface area (Å²) in [6.07, 6.45) is 23.4. The molecule has 34 heavy (non-hydrogen) atoms. The van der Waals surface area contributed by atoms with Gasteiger partial charge in [0.1, 0.15) is 11.6 Å². The zero-order valence-electron chi connectivity index (χ0n) is 21.7. The van der Waals surface area contributed by atoms with Gasteiger partial charge in [0, 0.05) is 5.56 Å². The lowest BCUT2D eigenvalue weighted by Crippen LogP contribution is -2.34. The first-order valence-electron chi connectivity index (χ1n) is 14.7. The second kappa shape index (κ2) is 12.7. The van der Waals surface area contributed by atoms with E-state index >= 15 is 0 Å². The van der Waals surface area contributed by atoms with E-state index in [1.165, 1.54) is 83.5 Å². The fourth-order valence-corrected chi connectivity index (χ4v) is 7.81. The van der Waals surface area contributed by atoms with Gasteiger partial charge < -0.3 is 0 Å². The molecule has 3 saturated carbocycles. The maximum absolute atomic E-state index is 14.6. The van der Waals surface area contributed by atoms with Crippen LogP contribution >= 0.6 is 0 Å². The van der Waals surface area contributed by atoms with E-state index in [0.29, 0.717) is 18.8 Å². The van der Waals surface area contributed by atoms with Crippen LogP contribution in [0, 0.1) is 41.2 Å². The highest BCUT2D eigenvalue weighted by Crippen LogP contribution is 2.51. The van der Waals surface area contributed by atoms with Crippen LogP contribution in [0.5, 0.6) is 0 Å². The van der Waals surface area contributed by atoms with Crippen LogP contribution in [-0.4, -0.2) is 0 Å². The van der Waals surface area contributed by atoms with Crippen molar-refractivity contribution in [3.8, 4) is 0 Å². The van der Waals surface area contributed by atoms with Crippen molar-refractivity contribution >= 4 is 0 Å². The average molecular weight is 471 g/mol. The number of unbranched alkanes of at least 4 members (excludes halogenated alkanes) is 3. The summed E-state index contributed by atoms with van der Waals surface area (Å²) in [5.41, 5.74) is 1.13. The Balaban J connectivity index is 1.25. The van der Waals surface area contributed by atoms with Gasteiger partial charge in [-0.25, -0.2) is 8.78 Å². The Morgan fingerprint density at radius 2 is 1.41 bits per heavy atom. The van der Waals surface area contributed by atoms with E-state index in [9.17, 15) is 8.78 Å². The van der Waals surface area contributed by atoms with Crippen LogP contribution in [0.4, 0.5) is 8.78 Å². The molecule has 4 rings (SSSR count). The molecule has 0 aliphatic heterocycles. The van der Waals surface area contributed by atoms with Crippen LogP contribution in [-0.2, 0) is 6.42 Å². The molecular weight excluding hydrogens is 422 g/mol. The van der Waals surface area contributed by atoms with E-state index in [2.05, 4.69) is 13.5 Å². The van der Waals surface area contributed by atoms with Crippen molar-refractivity contribution in [1.29, 1.82) is 0 Å². The van der Waals surface area contributed by atoms with Gasteiger partial charge in [0.15, 0.2) is 0 Å². The highest BCUT2D eigenvalue weighted by molar-refractivity contribution is 5.29. The SMILES string of the molecule is C=CCCc1c(F)cc(C2CCC3CC(C4CCC(CCCCCC)CC4)CCC3C2)cc1F. The molecular formula is C32H48F2. The molecule has 3 aliphatic carbocycles. The van der Waals surface area contributed by atoms with Crippen LogP contribution in [0.1, 0.15) is 127 Å². The van der Waals surface area contributed by atoms with E-state index in [0.717, 1.165) is 48.0 Å². The fraction of sp³-hybridized carbons (Fsp3) is 0.750. The molecule has 0 bridgehead atoms. The first kappa shape index (κ1) is 25.9. The number of halogens is 2. The molecule has 0 heterocycles. The maximum atomic E-state index is 14.6. The molecule has 0 nitrogen and oxygen atoms in total. The van der Waals surface area contributed by atoms with Gasteiger partial charge in [-0.2, -0.15) is 0 Å². The van der Waals surface area contributed by atoms with Crippen LogP contribution in [0.25, 0.3) is 0 Å². The van der Waals surface area contributed by atoms with Gasteiger partial charge in [0.25, 0.3) is 0 Å². The molecule has 0 radical (unpaired) electrons. The number of allylic oxidation sites excluding steroid dienone is 1. The molecule has 1 aromatic rings. The van der Waals surface area contributed by atoms with Gasteiger partial charge in [-0.3, -0.25) is 0 Å². The highest BCUT2D eigenvalue weighted by Gasteiger charge is 2.39. The zero-order valence-corrected chi connectivity index (χ0v) is 21.7. The van der Waals surface area contributed by atoms with Crippen molar-refractivity contribution in [3.05, 3.63) is 47.5 Å². The first-order valence-corrected chi connectivity index (χ1v) is 14.7. The lowest BCUT2D eigenvalue weighted by molar-refractivity contribution is 0.0709. The summed E-state index contributed by atoms with van der Waals surface area (Å²) in [4.78, 5) is 0. The third-order valence-corrected chi connectivity index (χ3v) is 9.91.